The molecule has 0 fully saturated rings. The third-order valence-corrected chi connectivity index (χ3v) is 3.03. The van der Waals surface area contributed by atoms with Crippen molar-refractivity contribution in [3.63, 3.8) is 0 Å². The minimum absolute atomic E-state index is 0.0904. The minimum atomic E-state index is -0.323. The quantitative estimate of drug-likeness (QED) is 0.879. The lowest BCUT2D eigenvalue weighted by Gasteiger charge is -2.34. The van der Waals surface area contributed by atoms with E-state index in [0.717, 1.165) is 11.1 Å². The molecular formula is C14H22FNO. The number of rotatable bonds is 3. The summed E-state index contributed by atoms with van der Waals surface area (Å²) in [5, 5.41) is 0. The SMILES string of the molecule is COC(C(N)c1cc(F)ccc1C)C(C)(C)C. The van der Waals surface area contributed by atoms with E-state index in [2.05, 4.69) is 20.8 Å². The number of benzene rings is 1. The molecule has 1 aromatic carbocycles. The fourth-order valence-electron chi connectivity index (χ4n) is 2.17. The molecule has 3 heteroatoms. The van der Waals surface area contributed by atoms with Crippen molar-refractivity contribution in [2.75, 3.05) is 7.11 Å². The molecule has 0 aliphatic heterocycles. The Balaban J connectivity index is 3.10. The molecule has 0 aliphatic rings. The average Bonchev–Trinajstić information content (AvgIpc) is 2.20. The highest BCUT2D eigenvalue weighted by atomic mass is 19.1. The molecule has 0 aromatic heterocycles. The molecule has 0 saturated heterocycles. The Hall–Kier alpha value is -0.930. The fourth-order valence-corrected chi connectivity index (χ4v) is 2.17. The zero-order valence-corrected chi connectivity index (χ0v) is 11.3. The Morgan fingerprint density at radius 1 is 1.29 bits per heavy atom. The van der Waals surface area contributed by atoms with Crippen LogP contribution >= 0.6 is 0 Å². The van der Waals surface area contributed by atoms with Crippen molar-refractivity contribution >= 4 is 0 Å². The topological polar surface area (TPSA) is 35.2 Å². The van der Waals surface area contributed by atoms with Crippen molar-refractivity contribution in [3.8, 4) is 0 Å². The lowest BCUT2D eigenvalue weighted by molar-refractivity contribution is -0.00261. The smallest absolute Gasteiger partial charge is 0.123 e. The largest absolute Gasteiger partial charge is 0.379 e. The summed E-state index contributed by atoms with van der Waals surface area (Å²) in [6.45, 7) is 8.13. The first-order valence-electron chi connectivity index (χ1n) is 5.81. The molecule has 2 nitrogen and oxygen atoms in total. The van der Waals surface area contributed by atoms with Crippen molar-refractivity contribution in [2.45, 2.75) is 39.8 Å². The number of nitrogens with two attached hydrogens (primary N) is 1. The van der Waals surface area contributed by atoms with E-state index in [1.54, 1.807) is 13.2 Å². The number of ether oxygens (including phenoxy) is 1. The Bertz CT molecular complexity index is 384. The molecule has 1 aromatic rings. The molecular weight excluding hydrogens is 217 g/mol. The average molecular weight is 239 g/mol. The molecule has 2 unspecified atom stereocenters. The van der Waals surface area contributed by atoms with Gasteiger partial charge in [-0.05, 0) is 35.6 Å². The van der Waals surface area contributed by atoms with Gasteiger partial charge in [-0.15, -0.1) is 0 Å². The summed E-state index contributed by atoms with van der Waals surface area (Å²) < 4.78 is 18.8. The molecule has 0 heterocycles. The monoisotopic (exact) mass is 239 g/mol. The molecule has 0 radical (unpaired) electrons. The predicted molar refractivity (Wildman–Crippen MR) is 68.3 cm³/mol. The number of hydrogen-bond acceptors (Lipinski definition) is 2. The van der Waals surface area contributed by atoms with Crippen molar-refractivity contribution in [1.29, 1.82) is 0 Å². The van der Waals surface area contributed by atoms with Gasteiger partial charge in [0.25, 0.3) is 0 Å². The van der Waals surface area contributed by atoms with Crippen molar-refractivity contribution in [3.05, 3.63) is 35.1 Å². The maximum Gasteiger partial charge on any atom is 0.123 e. The lowest BCUT2D eigenvalue weighted by atomic mass is 9.81. The van der Waals surface area contributed by atoms with Crippen LogP contribution in [0.2, 0.25) is 0 Å². The van der Waals surface area contributed by atoms with Crippen LogP contribution in [0.15, 0.2) is 18.2 Å². The van der Waals surface area contributed by atoms with Crippen molar-refractivity contribution < 1.29 is 9.13 Å². The summed E-state index contributed by atoms with van der Waals surface area (Å²) in [7, 11) is 1.64. The molecule has 2 N–H and O–H groups in total. The van der Waals surface area contributed by atoms with E-state index in [1.165, 1.54) is 12.1 Å². The highest BCUT2D eigenvalue weighted by Crippen LogP contribution is 2.32. The standard InChI is InChI=1S/C14H22FNO/c1-9-6-7-10(15)8-11(9)12(16)13(17-5)14(2,3)4/h6-8,12-13H,16H2,1-5H3. The molecule has 0 saturated carbocycles. The zero-order chi connectivity index (χ0) is 13.2. The van der Waals surface area contributed by atoms with Crippen LogP contribution in [0.4, 0.5) is 4.39 Å². The highest BCUT2D eigenvalue weighted by molar-refractivity contribution is 5.30. The van der Waals surface area contributed by atoms with E-state index >= 15 is 0 Å². The molecule has 17 heavy (non-hydrogen) atoms. The van der Waals surface area contributed by atoms with Crippen LogP contribution < -0.4 is 5.73 Å². The molecule has 0 aliphatic carbocycles. The van der Waals surface area contributed by atoms with Gasteiger partial charge in [-0.1, -0.05) is 26.8 Å². The summed E-state index contributed by atoms with van der Waals surface area (Å²) >= 11 is 0. The van der Waals surface area contributed by atoms with Gasteiger partial charge in [0, 0.05) is 7.11 Å². The van der Waals surface area contributed by atoms with Gasteiger partial charge >= 0.3 is 0 Å². The summed E-state index contributed by atoms with van der Waals surface area (Å²) in [4.78, 5) is 0. The van der Waals surface area contributed by atoms with Crippen molar-refractivity contribution in [1.82, 2.24) is 0 Å². The third-order valence-electron chi connectivity index (χ3n) is 3.03. The van der Waals surface area contributed by atoms with E-state index in [4.69, 9.17) is 10.5 Å². The van der Waals surface area contributed by atoms with Crippen LogP contribution in [0.3, 0.4) is 0 Å². The van der Waals surface area contributed by atoms with E-state index in [0.29, 0.717) is 0 Å². The second-order valence-electron chi connectivity index (χ2n) is 5.55. The Morgan fingerprint density at radius 3 is 2.35 bits per heavy atom. The van der Waals surface area contributed by atoms with Gasteiger partial charge in [0.05, 0.1) is 12.1 Å². The summed E-state index contributed by atoms with van der Waals surface area (Å²) in [6.07, 6.45) is -0.150. The van der Waals surface area contributed by atoms with Gasteiger partial charge in [-0.3, -0.25) is 0 Å². The first-order valence-corrected chi connectivity index (χ1v) is 5.81. The molecule has 0 spiro atoms. The lowest BCUT2D eigenvalue weighted by Crippen LogP contribution is -2.39. The molecule has 2 atom stereocenters. The molecule has 1 rings (SSSR count). The second-order valence-corrected chi connectivity index (χ2v) is 5.55. The van der Waals surface area contributed by atoms with Crippen LogP contribution in [0.5, 0.6) is 0 Å². The number of aryl methyl sites for hydroxylation is 1. The summed E-state index contributed by atoms with van der Waals surface area (Å²) in [5.74, 6) is -0.259. The first kappa shape index (κ1) is 14.1. The van der Waals surface area contributed by atoms with Crippen LogP contribution in [0.1, 0.15) is 37.9 Å². The second kappa shape index (κ2) is 5.15. The number of hydrogen-bond donors (Lipinski definition) is 1. The van der Waals surface area contributed by atoms with Gasteiger partial charge in [-0.25, -0.2) is 4.39 Å². The van der Waals surface area contributed by atoms with Crippen LogP contribution in [0, 0.1) is 18.2 Å². The van der Waals surface area contributed by atoms with Crippen molar-refractivity contribution in [2.24, 2.45) is 11.1 Å². The molecule has 0 bridgehead atoms. The van der Waals surface area contributed by atoms with Gasteiger partial charge in [0.2, 0.25) is 0 Å². The van der Waals surface area contributed by atoms with E-state index in [-0.39, 0.29) is 23.4 Å². The molecule has 96 valence electrons. The fraction of sp³-hybridized carbons (Fsp3) is 0.571. The van der Waals surface area contributed by atoms with Crippen LogP contribution in [0.25, 0.3) is 0 Å². The number of methoxy groups -OCH3 is 1. The Labute approximate surface area is 103 Å². The van der Waals surface area contributed by atoms with Gasteiger partial charge in [0.15, 0.2) is 0 Å². The van der Waals surface area contributed by atoms with E-state index in [9.17, 15) is 4.39 Å². The first-order chi connectivity index (χ1) is 7.77. The number of halogens is 1. The van der Waals surface area contributed by atoms with Gasteiger partial charge in [0.1, 0.15) is 5.82 Å². The minimum Gasteiger partial charge on any atom is -0.379 e. The summed E-state index contributed by atoms with van der Waals surface area (Å²) in [5.41, 5.74) is 7.93. The van der Waals surface area contributed by atoms with Gasteiger partial charge < -0.3 is 10.5 Å². The highest BCUT2D eigenvalue weighted by Gasteiger charge is 2.31. The predicted octanol–water partition coefficient (Wildman–Crippen LogP) is 3.20. The molecule has 0 amide bonds. The zero-order valence-electron chi connectivity index (χ0n) is 11.3. The normalized spacial score (nSPS) is 15.7. The maximum atomic E-state index is 13.3. The Morgan fingerprint density at radius 2 is 1.88 bits per heavy atom. The Kier molecular flexibility index (Phi) is 4.28. The van der Waals surface area contributed by atoms with Crippen LogP contribution in [-0.2, 0) is 4.74 Å². The van der Waals surface area contributed by atoms with E-state index in [1.807, 2.05) is 6.92 Å². The van der Waals surface area contributed by atoms with E-state index < -0.39 is 0 Å². The maximum absolute atomic E-state index is 13.3. The van der Waals surface area contributed by atoms with Crippen LogP contribution in [-0.4, -0.2) is 13.2 Å². The van der Waals surface area contributed by atoms with Gasteiger partial charge in [-0.2, -0.15) is 0 Å². The third kappa shape index (κ3) is 3.27. The summed E-state index contributed by atoms with van der Waals surface area (Å²) in [6, 6.07) is 4.37.